The van der Waals surface area contributed by atoms with Crippen LogP contribution in [-0.2, 0) is 16.1 Å². The Labute approximate surface area is 202 Å². The molecule has 1 heterocycles. The second-order valence-corrected chi connectivity index (χ2v) is 9.12. The van der Waals surface area contributed by atoms with Gasteiger partial charge in [-0.15, -0.1) is 0 Å². The molecule has 0 saturated carbocycles. The highest BCUT2D eigenvalue weighted by Gasteiger charge is 2.38. The Bertz CT molecular complexity index is 1240. The molecule has 2 aliphatic rings. The van der Waals surface area contributed by atoms with Crippen LogP contribution in [0.1, 0.15) is 41.9 Å². The molecule has 2 N–H and O–H groups in total. The number of carbonyl (C=O) groups is 1. The maximum absolute atomic E-state index is 12.8. The van der Waals surface area contributed by atoms with Crippen molar-refractivity contribution in [3.63, 3.8) is 0 Å². The highest BCUT2D eigenvalue weighted by Crippen LogP contribution is 2.46. The number of nitriles is 2. The topological polar surface area (TPSA) is 109 Å². The molecule has 8 heteroatoms. The summed E-state index contributed by atoms with van der Waals surface area (Å²) in [6.07, 6.45) is 1.72. The number of allylic oxidation sites excluding steroid dienone is 3. The molecule has 160 valence electrons. The zero-order valence-corrected chi connectivity index (χ0v) is 20.0. The van der Waals surface area contributed by atoms with E-state index in [0.29, 0.717) is 50.9 Å². The summed E-state index contributed by atoms with van der Waals surface area (Å²) in [6, 6.07) is 15.2. The van der Waals surface area contributed by atoms with Crippen molar-refractivity contribution >= 4 is 37.6 Å². The van der Waals surface area contributed by atoms with E-state index in [0.717, 1.165) is 11.1 Å². The number of ether oxygens (including phenoxy) is 2. The maximum atomic E-state index is 12.8. The molecule has 0 aromatic heterocycles. The van der Waals surface area contributed by atoms with E-state index < -0.39 is 5.92 Å². The molecule has 0 radical (unpaired) electrons. The van der Waals surface area contributed by atoms with Crippen molar-refractivity contribution < 1.29 is 14.3 Å². The van der Waals surface area contributed by atoms with Crippen LogP contribution >= 0.6 is 31.9 Å². The fourth-order valence-corrected chi connectivity index (χ4v) is 5.43. The number of benzene rings is 2. The van der Waals surface area contributed by atoms with Crippen LogP contribution in [0.4, 0.5) is 0 Å². The van der Waals surface area contributed by atoms with Crippen LogP contribution in [0.2, 0.25) is 0 Å². The third-order valence-electron chi connectivity index (χ3n) is 5.47. The monoisotopic (exact) mass is 553 g/mol. The Hall–Kier alpha value is -3.07. The summed E-state index contributed by atoms with van der Waals surface area (Å²) in [7, 11) is 0. The molecular formula is C24H17Br2N3O3. The molecule has 1 aliphatic heterocycles. The number of halogens is 2. The summed E-state index contributed by atoms with van der Waals surface area (Å²) in [6.45, 7) is 0.210. The van der Waals surface area contributed by atoms with Crippen molar-refractivity contribution in [1.29, 1.82) is 10.5 Å². The second kappa shape index (κ2) is 9.20. The van der Waals surface area contributed by atoms with Crippen LogP contribution in [0.25, 0.3) is 0 Å². The number of hydrogen-bond acceptors (Lipinski definition) is 6. The lowest BCUT2D eigenvalue weighted by atomic mass is 9.77. The summed E-state index contributed by atoms with van der Waals surface area (Å²) in [5.41, 5.74) is 8.79. The molecule has 0 amide bonds. The molecule has 2 aromatic rings. The molecule has 0 spiro atoms. The van der Waals surface area contributed by atoms with Crippen molar-refractivity contribution in [3.05, 3.63) is 84.8 Å². The molecule has 2 aromatic carbocycles. The molecule has 1 atom stereocenters. The first-order valence-corrected chi connectivity index (χ1v) is 11.5. The van der Waals surface area contributed by atoms with Crippen LogP contribution in [-0.4, -0.2) is 5.78 Å². The highest BCUT2D eigenvalue weighted by atomic mass is 79.9. The lowest BCUT2D eigenvalue weighted by Gasteiger charge is -2.31. The van der Waals surface area contributed by atoms with Crippen molar-refractivity contribution in [1.82, 2.24) is 0 Å². The van der Waals surface area contributed by atoms with Crippen molar-refractivity contribution in [2.24, 2.45) is 5.73 Å². The predicted octanol–water partition coefficient (Wildman–Crippen LogP) is 5.48. The van der Waals surface area contributed by atoms with E-state index in [1.165, 1.54) is 0 Å². The summed E-state index contributed by atoms with van der Waals surface area (Å²) in [4.78, 5) is 12.8. The number of nitrogens with zero attached hydrogens (tertiary/aromatic N) is 2. The first kappa shape index (κ1) is 22.1. The van der Waals surface area contributed by atoms with E-state index in [2.05, 4.69) is 44.0 Å². The quantitative estimate of drug-likeness (QED) is 0.536. The fourth-order valence-electron chi connectivity index (χ4n) is 3.98. The largest absolute Gasteiger partial charge is 0.486 e. The average molecular weight is 555 g/mol. The molecule has 6 nitrogen and oxygen atoms in total. The highest BCUT2D eigenvalue weighted by molar-refractivity contribution is 9.11. The molecule has 1 aliphatic carbocycles. The van der Waals surface area contributed by atoms with E-state index in [1.807, 2.05) is 24.3 Å². The Balaban J connectivity index is 1.71. The van der Waals surface area contributed by atoms with Gasteiger partial charge in [0.1, 0.15) is 29.8 Å². The summed E-state index contributed by atoms with van der Waals surface area (Å²) in [5.74, 6) is 0.498. The second-order valence-electron chi connectivity index (χ2n) is 7.41. The Kier molecular flexibility index (Phi) is 6.36. The number of hydrogen-bond donors (Lipinski definition) is 1. The molecule has 32 heavy (non-hydrogen) atoms. The molecule has 4 rings (SSSR count). The molecule has 0 fully saturated rings. The van der Waals surface area contributed by atoms with E-state index in [9.17, 15) is 15.3 Å². The SMILES string of the molecule is N#CC1=C(N)OC2=C(C(=O)CCC2)[C@@H]1c1cc(Br)c(OCc2ccccc2C#N)c(Br)c1. The van der Waals surface area contributed by atoms with E-state index >= 15 is 0 Å². The summed E-state index contributed by atoms with van der Waals surface area (Å²) < 4.78 is 12.9. The third kappa shape index (κ3) is 4.04. The van der Waals surface area contributed by atoms with Crippen LogP contribution in [0.15, 0.2) is 68.1 Å². The molecule has 0 saturated heterocycles. The van der Waals surface area contributed by atoms with Gasteiger partial charge in [-0.25, -0.2) is 0 Å². The number of Topliss-reactive ketones (excluding diaryl/α,β-unsaturated/α-hetero) is 1. The van der Waals surface area contributed by atoms with E-state index in [4.69, 9.17) is 15.2 Å². The van der Waals surface area contributed by atoms with Gasteiger partial charge in [0.2, 0.25) is 5.88 Å². The standard InChI is InChI=1S/C24H17Br2N3O3/c25-17-8-15(9-18(26)23(17)31-12-14-5-2-1-4-13(14)10-27)21-16(11-28)24(29)32-20-7-3-6-19(30)22(20)21/h1-2,4-5,8-9,21H,3,6-7,12,29H2/t21-/m1/s1. The van der Waals surface area contributed by atoms with Gasteiger partial charge in [0.25, 0.3) is 0 Å². The Morgan fingerprint density at radius 3 is 2.53 bits per heavy atom. The van der Waals surface area contributed by atoms with Gasteiger partial charge < -0.3 is 15.2 Å². The zero-order valence-electron chi connectivity index (χ0n) is 16.8. The number of nitrogens with two attached hydrogens (primary N) is 1. The lowest BCUT2D eigenvalue weighted by molar-refractivity contribution is -0.116. The van der Waals surface area contributed by atoms with Crippen molar-refractivity contribution in [2.75, 3.05) is 0 Å². The van der Waals surface area contributed by atoms with Gasteiger partial charge in [-0.2, -0.15) is 10.5 Å². The van der Waals surface area contributed by atoms with Crippen LogP contribution in [0, 0.1) is 22.7 Å². The number of carbonyl (C=O) groups excluding carboxylic acids is 1. The van der Waals surface area contributed by atoms with E-state index in [-0.39, 0.29) is 23.8 Å². The van der Waals surface area contributed by atoms with Gasteiger partial charge in [-0.3, -0.25) is 4.79 Å². The zero-order chi connectivity index (χ0) is 22.8. The lowest BCUT2D eigenvalue weighted by Crippen LogP contribution is -2.27. The third-order valence-corrected chi connectivity index (χ3v) is 6.65. The van der Waals surface area contributed by atoms with Gasteiger partial charge in [0, 0.05) is 24.0 Å². The maximum Gasteiger partial charge on any atom is 0.205 e. The number of rotatable bonds is 4. The van der Waals surface area contributed by atoms with Gasteiger partial charge in [-0.1, -0.05) is 18.2 Å². The Morgan fingerprint density at radius 2 is 1.84 bits per heavy atom. The van der Waals surface area contributed by atoms with Crippen molar-refractivity contribution in [3.8, 4) is 17.9 Å². The summed E-state index contributed by atoms with van der Waals surface area (Å²) >= 11 is 7.10. The summed E-state index contributed by atoms with van der Waals surface area (Å²) in [5, 5.41) is 19.0. The fraction of sp³-hybridized carbons (Fsp3) is 0.208. The predicted molar refractivity (Wildman–Crippen MR) is 124 cm³/mol. The minimum absolute atomic E-state index is 0.0304. The van der Waals surface area contributed by atoms with Gasteiger partial charge in [0.15, 0.2) is 5.78 Å². The van der Waals surface area contributed by atoms with Gasteiger partial charge >= 0.3 is 0 Å². The van der Waals surface area contributed by atoms with Gasteiger partial charge in [0.05, 0.1) is 26.5 Å². The smallest absolute Gasteiger partial charge is 0.205 e. The van der Waals surface area contributed by atoms with Crippen molar-refractivity contribution in [2.45, 2.75) is 31.8 Å². The molecule has 0 bridgehead atoms. The first-order chi connectivity index (χ1) is 15.4. The molecule has 0 unspecified atom stereocenters. The Morgan fingerprint density at radius 1 is 1.12 bits per heavy atom. The average Bonchev–Trinajstić information content (AvgIpc) is 2.78. The van der Waals surface area contributed by atoms with Gasteiger partial charge in [-0.05, 0) is 62.0 Å². The minimum atomic E-state index is -0.600. The normalized spacial score (nSPS) is 17.9. The van der Waals surface area contributed by atoms with Crippen LogP contribution in [0.5, 0.6) is 5.75 Å². The molecular weight excluding hydrogens is 538 g/mol. The van der Waals surface area contributed by atoms with Crippen LogP contribution in [0.3, 0.4) is 0 Å². The van der Waals surface area contributed by atoms with E-state index in [1.54, 1.807) is 12.1 Å². The van der Waals surface area contributed by atoms with Crippen LogP contribution < -0.4 is 10.5 Å². The minimum Gasteiger partial charge on any atom is -0.486 e. The first-order valence-electron chi connectivity index (χ1n) is 9.88. The number of ketones is 1.